The van der Waals surface area contributed by atoms with Gasteiger partial charge in [0.05, 0.1) is 16.1 Å². The predicted octanol–water partition coefficient (Wildman–Crippen LogP) is 1.70. The maximum Gasteiger partial charge on any atom is 0.431 e. The predicted molar refractivity (Wildman–Crippen MR) is 86.2 cm³/mol. The van der Waals surface area contributed by atoms with Gasteiger partial charge in [0.2, 0.25) is 0 Å². The molecule has 2 heterocycles. The first kappa shape index (κ1) is 17.4. The van der Waals surface area contributed by atoms with Gasteiger partial charge in [-0.25, -0.2) is 9.36 Å². The second kappa shape index (κ2) is 6.12. The zero-order chi connectivity index (χ0) is 18.4. The topological polar surface area (TPSA) is 77.1 Å². The molecule has 3 aromatic rings. The maximum absolute atomic E-state index is 12.9. The molecule has 10 heteroatoms. The van der Waals surface area contributed by atoms with Crippen molar-refractivity contribution in [3.63, 3.8) is 0 Å². The molecule has 2 aromatic heterocycles. The number of halogens is 3. The SMILES string of the molecule is Cn1c(C(F)(F)F)cc(=O)n(-c2ccc3snc(CCO)c3c2)c1=O. The molecule has 0 spiro atoms. The number of aromatic nitrogens is 3. The molecule has 0 saturated heterocycles. The van der Waals surface area contributed by atoms with Crippen LogP contribution in [0.5, 0.6) is 0 Å². The minimum absolute atomic E-state index is 0.120. The number of aliphatic hydroxyl groups is 1. The Morgan fingerprint density at radius 2 is 1.96 bits per heavy atom. The molecule has 132 valence electrons. The van der Waals surface area contributed by atoms with E-state index in [2.05, 4.69) is 4.37 Å². The highest BCUT2D eigenvalue weighted by Gasteiger charge is 2.35. The van der Waals surface area contributed by atoms with Gasteiger partial charge in [0, 0.05) is 31.5 Å². The van der Waals surface area contributed by atoms with Crippen molar-refractivity contribution < 1.29 is 18.3 Å². The van der Waals surface area contributed by atoms with Crippen LogP contribution < -0.4 is 11.2 Å². The molecule has 0 aliphatic heterocycles. The van der Waals surface area contributed by atoms with Crippen molar-refractivity contribution in [2.24, 2.45) is 7.05 Å². The lowest BCUT2D eigenvalue weighted by Gasteiger charge is -2.14. The molecular weight excluding hydrogens is 359 g/mol. The van der Waals surface area contributed by atoms with Crippen molar-refractivity contribution >= 4 is 21.6 Å². The summed E-state index contributed by atoms with van der Waals surface area (Å²) < 4.78 is 44.8. The van der Waals surface area contributed by atoms with E-state index in [1.165, 1.54) is 23.7 Å². The lowest BCUT2D eigenvalue weighted by molar-refractivity contribution is -0.144. The van der Waals surface area contributed by atoms with Crippen molar-refractivity contribution in [1.29, 1.82) is 0 Å². The summed E-state index contributed by atoms with van der Waals surface area (Å²) in [5.74, 6) is 0. The molecule has 1 N–H and O–H groups in total. The summed E-state index contributed by atoms with van der Waals surface area (Å²) in [6.07, 6.45) is -4.51. The van der Waals surface area contributed by atoms with Crippen LogP contribution in [0.4, 0.5) is 13.2 Å². The van der Waals surface area contributed by atoms with Crippen LogP contribution in [0, 0.1) is 0 Å². The smallest absolute Gasteiger partial charge is 0.396 e. The Labute approximate surface area is 142 Å². The lowest BCUT2D eigenvalue weighted by Crippen LogP contribution is -2.40. The number of alkyl halides is 3. The molecule has 0 atom stereocenters. The monoisotopic (exact) mass is 371 g/mol. The van der Waals surface area contributed by atoms with Gasteiger partial charge in [0.25, 0.3) is 5.56 Å². The first-order valence-corrected chi connectivity index (χ1v) is 7.91. The number of aliphatic hydroxyl groups excluding tert-OH is 1. The van der Waals surface area contributed by atoms with E-state index in [4.69, 9.17) is 5.11 Å². The van der Waals surface area contributed by atoms with Crippen LogP contribution in [-0.2, 0) is 19.6 Å². The Morgan fingerprint density at radius 1 is 1.24 bits per heavy atom. The van der Waals surface area contributed by atoms with E-state index in [9.17, 15) is 22.8 Å². The van der Waals surface area contributed by atoms with Gasteiger partial charge >= 0.3 is 11.9 Å². The fraction of sp³-hybridized carbons (Fsp3) is 0.267. The minimum Gasteiger partial charge on any atom is -0.396 e. The van der Waals surface area contributed by atoms with Gasteiger partial charge in [-0.1, -0.05) is 0 Å². The molecule has 0 bridgehead atoms. The van der Waals surface area contributed by atoms with E-state index in [1.807, 2.05) is 0 Å². The molecule has 0 fully saturated rings. The van der Waals surface area contributed by atoms with Gasteiger partial charge in [-0.3, -0.25) is 9.36 Å². The second-order valence-electron chi connectivity index (χ2n) is 5.33. The van der Waals surface area contributed by atoms with Crippen LogP contribution in [0.1, 0.15) is 11.4 Å². The van der Waals surface area contributed by atoms with Crippen molar-refractivity contribution in [2.45, 2.75) is 12.6 Å². The Morgan fingerprint density at radius 3 is 2.60 bits per heavy atom. The fourth-order valence-corrected chi connectivity index (χ4v) is 3.34. The standard InChI is InChI=1S/C15H12F3N3O3S/c1-20-12(15(16,17)18)7-13(23)21(14(20)24)8-2-3-11-9(6-8)10(4-5-22)19-25-11/h2-3,6-7,22H,4-5H2,1H3. The van der Waals surface area contributed by atoms with Crippen LogP contribution in [0.15, 0.2) is 33.9 Å². The summed E-state index contributed by atoms with van der Waals surface area (Å²) >= 11 is 1.19. The summed E-state index contributed by atoms with van der Waals surface area (Å²) in [6.45, 7) is -0.120. The summed E-state index contributed by atoms with van der Waals surface area (Å²) in [7, 11) is 0.961. The van der Waals surface area contributed by atoms with Gasteiger partial charge in [-0.2, -0.15) is 17.5 Å². The Balaban J connectivity index is 2.25. The number of hydrogen-bond acceptors (Lipinski definition) is 5. The third-order valence-electron chi connectivity index (χ3n) is 3.75. The summed E-state index contributed by atoms with van der Waals surface area (Å²) in [6, 6.07) is 5.01. The number of rotatable bonds is 3. The largest absolute Gasteiger partial charge is 0.431 e. The van der Waals surface area contributed by atoms with E-state index in [0.29, 0.717) is 32.7 Å². The average molecular weight is 371 g/mol. The Hall–Kier alpha value is -2.46. The van der Waals surface area contributed by atoms with Gasteiger partial charge in [-0.05, 0) is 29.7 Å². The number of hydrogen-bond donors (Lipinski definition) is 1. The summed E-state index contributed by atoms with van der Waals surface area (Å²) in [5.41, 5.74) is -2.72. The highest BCUT2D eigenvalue weighted by molar-refractivity contribution is 7.13. The first-order chi connectivity index (χ1) is 11.7. The van der Waals surface area contributed by atoms with Crippen LogP contribution in [0.2, 0.25) is 0 Å². The zero-order valence-corrected chi connectivity index (χ0v) is 13.7. The zero-order valence-electron chi connectivity index (χ0n) is 12.9. The number of benzene rings is 1. The fourth-order valence-electron chi connectivity index (χ4n) is 2.54. The molecule has 0 unspecified atom stereocenters. The summed E-state index contributed by atoms with van der Waals surface area (Å²) in [5, 5.41) is 9.71. The molecule has 0 amide bonds. The van der Waals surface area contributed by atoms with Crippen LogP contribution in [-0.4, -0.2) is 25.2 Å². The molecule has 6 nitrogen and oxygen atoms in total. The van der Waals surface area contributed by atoms with Crippen molar-refractivity contribution in [2.75, 3.05) is 6.61 Å². The molecule has 3 rings (SSSR count). The van der Waals surface area contributed by atoms with Crippen molar-refractivity contribution in [3.8, 4) is 5.69 Å². The normalized spacial score (nSPS) is 12.0. The Kier molecular flexibility index (Phi) is 4.25. The average Bonchev–Trinajstić information content (AvgIpc) is 2.93. The highest BCUT2D eigenvalue weighted by Crippen LogP contribution is 2.28. The van der Waals surface area contributed by atoms with E-state index < -0.39 is 23.1 Å². The molecule has 25 heavy (non-hydrogen) atoms. The molecule has 0 aliphatic carbocycles. The maximum atomic E-state index is 12.9. The number of nitrogens with zero attached hydrogens (tertiary/aromatic N) is 3. The molecule has 0 radical (unpaired) electrons. The first-order valence-electron chi connectivity index (χ1n) is 7.14. The van der Waals surface area contributed by atoms with Crippen molar-refractivity contribution in [1.82, 2.24) is 13.5 Å². The van der Waals surface area contributed by atoms with E-state index in [0.717, 1.165) is 11.7 Å². The third-order valence-corrected chi connectivity index (χ3v) is 4.61. The lowest BCUT2D eigenvalue weighted by atomic mass is 10.1. The van der Waals surface area contributed by atoms with E-state index >= 15 is 0 Å². The van der Waals surface area contributed by atoms with Gasteiger partial charge in [-0.15, -0.1) is 0 Å². The third kappa shape index (κ3) is 2.98. The molecule has 1 aromatic carbocycles. The van der Waals surface area contributed by atoms with E-state index in [1.54, 1.807) is 6.07 Å². The second-order valence-corrected chi connectivity index (χ2v) is 6.13. The van der Waals surface area contributed by atoms with Crippen molar-refractivity contribution in [3.05, 3.63) is 56.5 Å². The molecule has 0 aliphatic rings. The van der Waals surface area contributed by atoms with Gasteiger partial charge in [0.1, 0.15) is 5.69 Å². The van der Waals surface area contributed by atoms with Gasteiger partial charge < -0.3 is 5.11 Å². The molecule has 0 saturated carbocycles. The summed E-state index contributed by atoms with van der Waals surface area (Å²) in [4.78, 5) is 24.5. The molecular formula is C15H12F3N3O3S. The van der Waals surface area contributed by atoms with E-state index in [-0.39, 0.29) is 12.3 Å². The van der Waals surface area contributed by atoms with Crippen LogP contribution in [0.25, 0.3) is 15.8 Å². The quantitative estimate of drug-likeness (QED) is 0.760. The Bertz CT molecular complexity index is 1070. The van der Waals surface area contributed by atoms with Gasteiger partial charge in [0.15, 0.2) is 0 Å². The van der Waals surface area contributed by atoms with Crippen LogP contribution in [0.3, 0.4) is 0 Å². The highest BCUT2D eigenvalue weighted by atomic mass is 32.1. The van der Waals surface area contributed by atoms with Crippen LogP contribution >= 0.6 is 11.5 Å². The number of fused-ring (bicyclic) bond motifs is 1. The minimum atomic E-state index is -4.80.